The van der Waals surface area contributed by atoms with Crippen molar-refractivity contribution in [2.45, 2.75) is 26.3 Å². The number of carbonyl (C=O) groups is 4. The zero-order valence-electron chi connectivity index (χ0n) is 11.7. The lowest BCUT2D eigenvalue weighted by Crippen LogP contribution is -2.48. The molecule has 9 heteroatoms. The molecular formula is C12H19NO8. The van der Waals surface area contributed by atoms with Crippen molar-refractivity contribution in [3.05, 3.63) is 0 Å². The minimum Gasteiger partial charge on any atom is -0.481 e. The Morgan fingerprint density at radius 1 is 0.810 bits per heavy atom. The van der Waals surface area contributed by atoms with Gasteiger partial charge in [-0.2, -0.15) is 0 Å². The zero-order chi connectivity index (χ0) is 16.7. The summed E-state index contributed by atoms with van der Waals surface area (Å²) in [6, 6.07) is -1.48. The number of aliphatic carboxylic acids is 4. The van der Waals surface area contributed by atoms with Crippen LogP contribution in [0.4, 0.5) is 0 Å². The van der Waals surface area contributed by atoms with E-state index in [1.807, 2.05) is 0 Å². The van der Waals surface area contributed by atoms with Gasteiger partial charge in [-0.1, -0.05) is 13.8 Å². The van der Waals surface area contributed by atoms with Crippen molar-refractivity contribution < 1.29 is 39.6 Å². The molecule has 2 unspecified atom stereocenters. The quantitative estimate of drug-likeness (QED) is 0.424. The van der Waals surface area contributed by atoms with Crippen LogP contribution >= 0.6 is 0 Å². The Hall–Kier alpha value is -2.16. The highest BCUT2D eigenvalue weighted by molar-refractivity contribution is 5.81. The Labute approximate surface area is 120 Å². The molecule has 4 N–H and O–H groups in total. The van der Waals surface area contributed by atoms with Crippen molar-refractivity contribution in [1.82, 2.24) is 4.90 Å². The summed E-state index contributed by atoms with van der Waals surface area (Å²) in [4.78, 5) is 44.7. The zero-order valence-corrected chi connectivity index (χ0v) is 11.7. The van der Waals surface area contributed by atoms with Crippen LogP contribution in [-0.4, -0.2) is 68.3 Å². The molecule has 0 aliphatic rings. The number of nitrogens with zero attached hydrogens (tertiary/aromatic N) is 1. The summed E-state index contributed by atoms with van der Waals surface area (Å²) in [6.07, 6.45) is -0.742. The van der Waals surface area contributed by atoms with Crippen molar-refractivity contribution in [3.8, 4) is 0 Å². The van der Waals surface area contributed by atoms with Gasteiger partial charge in [0.05, 0.1) is 18.3 Å². The average molecular weight is 305 g/mol. The highest BCUT2D eigenvalue weighted by Crippen LogP contribution is 2.13. The van der Waals surface area contributed by atoms with Crippen molar-refractivity contribution in [2.24, 2.45) is 11.8 Å². The van der Waals surface area contributed by atoms with Gasteiger partial charge in [0.1, 0.15) is 6.04 Å². The third-order valence-electron chi connectivity index (χ3n) is 2.95. The smallest absolute Gasteiger partial charge is 0.321 e. The lowest BCUT2D eigenvalue weighted by molar-refractivity contribution is -0.153. The fourth-order valence-corrected chi connectivity index (χ4v) is 1.73. The van der Waals surface area contributed by atoms with Gasteiger partial charge in [-0.05, 0) is 0 Å². The van der Waals surface area contributed by atoms with Gasteiger partial charge in [-0.25, -0.2) is 0 Å². The third kappa shape index (κ3) is 6.70. The summed E-state index contributed by atoms with van der Waals surface area (Å²) in [5, 5.41) is 35.6. The topological polar surface area (TPSA) is 152 Å². The van der Waals surface area contributed by atoms with E-state index in [0.717, 1.165) is 4.90 Å². The predicted molar refractivity (Wildman–Crippen MR) is 68.8 cm³/mol. The molecule has 0 spiro atoms. The molecule has 0 aromatic rings. The molecule has 3 atom stereocenters. The number of rotatable bonds is 10. The van der Waals surface area contributed by atoms with Crippen molar-refractivity contribution >= 4 is 23.9 Å². The maximum absolute atomic E-state index is 11.2. The van der Waals surface area contributed by atoms with Crippen molar-refractivity contribution in [3.63, 3.8) is 0 Å². The summed E-state index contributed by atoms with van der Waals surface area (Å²) in [7, 11) is 0. The van der Waals surface area contributed by atoms with Crippen molar-refractivity contribution in [1.29, 1.82) is 0 Å². The summed E-state index contributed by atoms with van der Waals surface area (Å²) in [6.45, 7) is 2.16. The van der Waals surface area contributed by atoms with Crippen LogP contribution in [0.2, 0.25) is 0 Å². The van der Waals surface area contributed by atoms with Gasteiger partial charge >= 0.3 is 23.9 Å². The molecule has 0 rings (SSSR count). The largest absolute Gasteiger partial charge is 0.481 e. The predicted octanol–water partition coefficient (Wildman–Crippen LogP) is -0.342. The van der Waals surface area contributed by atoms with Crippen LogP contribution in [0.15, 0.2) is 0 Å². The molecule has 9 nitrogen and oxygen atoms in total. The molecule has 0 bridgehead atoms. The van der Waals surface area contributed by atoms with Crippen LogP contribution < -0.4 is 0 Å². The number of carboxylic acids is 4. The Balaban J connectivity index is 5.22. The van der Waals surface area contributed by atoms with Gasteiger partial charge in [0, 0.05) is 13.1 Å². The second-order valence-corrected chi connectivity index (χ2v) is 4.88. The summed E-state index contributed by atoms with van der Waals surface area (Å²) >= 11 is 0. The highest BCUT2D eigenvalue weighted by Gasteiger charge is 2.32. The second-order valence-electron chi connectivity index (χ2n) is 4.88. The monoisotopic (exact) mass is 305 g/mol. The number of hydrogen-bond donors (Lipinski definition) is 4. The SMILES string of the molecule is CC(CN(CC(C)C(=O)O)[C@@H](CC(=O)O)C(=O)O)C(=O)O. The average Bonchev–Trinajstić information content (AvgIpc) is 2.33. The van der Waals surface area contributed by atoms with E-state index in [4.69, 9.17) is 20.4 Å². The fraction of sp³-hybridized carbons (Fsp3) is 0.667. The van der Waals surface area contributed by atoms with E-state index in [2.05, 4.69) is 0 Å². The van der Waals surface area contributed by atoms with Crippen LogP contribution in [0.1, 0.15) is 20.3 Å². The molecule has 21 heavy (non-hydrogen) atoms. The van der Waals surface area contributed by atoms with Crippen molar-refractivity contribution in [2.75, 3.05) is 13.1 Å². The summed E-state index contributed by atoms with van der Waals surface area (Å²) < 4.78 is 0. The van der Waals surface area contributed by atoms with E-state index in [0.29, 0.717) is 0 Å². The van der Waals surface area contributed by atoms with Gasteiger partial charge in [0.2, 0.25) is 0 Å². The molecule has 0 aliphatic carbocycles. The van der Waals surface area contributed by atoms with E-state index in [-0.39, 0.29) is 13.1 Å². The molecule has 0 amide bonds. The highest BCUT2D eigenvalue weighted by atomic mass is 16.4. The van der Waals surface area contributed by atoms with Gasteiger partial charge in [-0.15, -0.1) is 0 Å². The van der Waals surface area contributed by atoms with Crippen LogP contribution in [0.25, 0.3) is 0 Å². The maximum Gasteiger partial charge on any atom is 0.321 e. The van der Waals surface area contributed by atoms with E-state index < -0.39 is 48.2 Å². The first-order valence-electron chi connectivity index (χ1n) is 6.20. The summed E-state index contributed by atoms with van der Waals surface area (Å²) in [5.41, 5.74) is 0. The minimum absolute atomic E-state index is 0.253. The van der Waals surface area contributed by atoms with E-state index in [1.54, 1.807) is 0 Å². The first-order chi connectivity index (χ1) is 9.56. The van der Waals surface area contributed by atoms with Gasteiger partial charge < -0.3 is 20.4 Å². The second kappa shape index (κ2) is 8.20. The lowest BCUT2D eigenvalue weighted by atomic mass is 10.0. The summed E-state index contributed by atoms with van der Waals surface area (Å²) in [5.74, 6) is -7.07. The van der Waals surface area contributed by atoms with Gasteiger partial charge in [0.25, 0.3) is 0 Å². The molecule has 0 aromatic carbocycles. The first kappa shape index (κ1) is 18.8. The molecule has 0 fully saturated rings. The Bertz CT molecular complexity index is 399. The molecule has 0 aromatic heterocycles. The molecule has 0 heterocycles. The van der Waals surface area contributed by atoms with Gasteiger partial charge in [0.15, 0.2) is 0 Å². The fourth-order valence-electron chi connectivity index (χ4n) is 1.73. The standard InChI is InChI=1S/C12H19NO8/c1-6(10(16)17)4-13(5-7(2)11(18)19)8(12(20)21)3-9(14)15/h6-8H,3-5H2,1-2H3,(H,14,15)(H,16,17)(H,18,19)(H,20,21)/t6?,7?,8-/m0/s1. The van der Waals surface area contributed by atoms with Crippen LogP contribution in [-0.2, 0) is 19.2 Å². The van der Waals surface area contributed by atoms with Crippen LogP contribution in [0, 0.1) is 11.8 Å². The Morgan fingerprint density at radius 2 is 1.19 bits per heavy atom. The van der Waals surface area contributed by atoms with Crippen LogP contribution in [0.5, 0.6) is 0 Å². The van der Waals surface area contributed by atoms with Gasteiger partial charge in [-0.3, -0.25) is 24.1 Å². The molecule has 120 valence electrons. The number of carboxylic acid groups (broad SMARTS) is 4. The van der Waals surface area contributed by atoms with E-state index in [9.17, 15) is 19.2 Å². The molecule has 0 saturated heterocycles. The van der Waals surface area contributed by atoms with E-state index in [1.165, 1.54) is 13.8 Å². The first-order valence-corrected chi connectivity index (χ1v) is 6.20. The molecule has 0 saturated carbocycles. The Morgan fingerprint density at radius 3 is 1.43 bits per heavy atom. The Kier molecular flexibility index (Phi) is 7.36. The lowest BCUT2D eigenvalue weighted by Gasteiger charge is -2.30. The molecule has 0 aliphatic heterocycles. The maximum atomic E-state index is 11.2. The minimum atomic E-state index is -1.48. The third-order valence-corrected chi connectivity index (χ3v) is 2.95. The normalized spacial score (nSPS) is 15.2. The number of hydrogen-bond acceptors (Lipinski definition) is 5. The molecule has 0 radical (unpaired) electrons. The van der Waals surface area contributed by atoms with Crippen LogP contribution in [0.3, 0.4) is 0 Å². The molecular weight excluding hydrogens is 286 g/mol. The van der Waals surface area contributed by atoms with E-state index >= 15 is 0 Å².